The summed E-state index contributed by atoms with van der Waals surface area (Å²) in [5.74, 6) is 0. The molecule has 1 aromatic heterocycles. The third kappa shape index (κ3) is 4.63. The Balaban J connectivity index is 0.000000806. The number of benzene rings is 1. The predicted octanol–water partition coefficient (Wildman–Crippen LogP) is 4.37. The van der Waals surface area contributed by atoms with Gasteiger partial charge in [-0.3, -0.25) is 9.48 Å². The van der Waals surface area contributed by atoms with E-state index >= 15 is 0 Å². The number of amides is 1. The van der Waals surface area contributed by atoms with E-state index in [0.29, 0.717) is 30.7 Å². The molecule has 30 heavy (non-hydrogen) atoms. The second-order valence-electron chi connectivity index (χ2n) is 8.70. The number of primary amides is 1. The molecule has 4 rings (SSSR count). The number of aryl methyl sites for hydroxylation is 2. The summed E-state index contributed by atoms with van der Waals surface area (Å²) in [6.07, 6.45) is 0.902. The van der Waals surface area contributed by atoms with Gasteiger partial charge in [0.05, 0.1) is 18.8 Å². The van der Waals surface area contributed by atoms with E-state index in [1.54, 1.807) is 0 Å². The zero-order valence-corrected chi connectivity index (χ0v) is 17.7. The quantitative estimate of drug-likeness (QED) is 0.747. The van der Waals surface area contributed by atoms with Crippen molar-refractivity contribution in [3.05, 3.63) is 46.3 Å². The number of carbonyl (C=O) groups excluding carboxylic acids is 1. The van der Waals surface area contributed by atoms with Crippen molar-refractivity contribution < 1.29 is 18.0 Å². The molecule has 1 fully saturated rings. The van der Waals surface area contributed by atoms with Gasteiger partial charge in [0, 0.05) is 12.2 Å². The number of aromatic nitrogens is 2. The second kappa shape index (κ2) is 8.32. The molecule has 164 valence electrons. The molecule has 0 radical (unpaired) electrons. The summed E-state index contributed by atoms with van der Waals surface area (Å²) >= 11 is 0. The molecule has 1 amide bonds. The topological polar surface area (TPSA) is 64.2 Å². The Morgan fingerprint density at radius 3 is 2.27 bits per heavy atom. The van der Waals surface area contributed by atoms with Crippen molar-refractivity contribution in [1.82, 2.24) is 9.78 Å². The number of halogens is 3. The van der Waals surface area contributed by atoms with Crippen LogP contribution >= 0.6 is 0 Å². The molecule has 1 aliphatic heterocycles. The molecule has 0 atom stereocenters. The van der Waals surface area contributed by atoms with E-state index in [9.17, 15) is 13.2 Å². The van der Waals surface area contributed by atoms with Crippen molar-refractivity contribution in [1.29, 1.82) is 0 Å². The molecule has 0 saturated heterocycles. The Labute approximate surface area is 175 Å². The van der Waals surface area contributed by atoms with Crippen LogP contribution in [0, 0.1) is 19.3 Å². The van der Waals surface area contributed by atoms with Crippen LogP contribution < -0.4 is 10.6 Å². The smallest absolute Gasteiger partial charge is 0.372 e. The van der Waals surface area contributed by atoms with E-state index in [2.05, 4.69) is 48.6 Å². The fourth-order valence-corrected chi connectivity index (χ4v) is 4.44. The van der Waals surface area contributed by atoms with Crippen molar-refractivity contribution in [2.24, 2.45) is 11.1 Å². The zero-order valence-electron chi connectivity index (χ0n) is 17.7. The minimum atomic E-state index is -4.39. The summed E-state index contributed by atoms with van der Waals surface area (Å²) in [5.41, 5.74) is 9.52. The van der Waals surface area contributed by atoms with Crippen molar-refractivity contribution in [3.8, 4) is 0 Å². The first-order valence-electron chi connectivity index (χ1n) is 10.2. The van der Waals surface area contributed by atoms with Crippen molar-refractivity contribution in [3.63, 3.8) is 0 Å². The Hall–Kier alpha value is -2.51. The monoisotopic (exact) mass is 422 g/mol. The summed E-state index contributed by atoms with van der Waals surface area (Å²) in [4.78, 5) is 10.7. The van der Waals surface area contributed by atoms with E-state index in [0.717, 1.165) is 12.1 Å². The molecule has 2 aromatic rings. The van der Waals surface area contributed by atoms with E-state index in [1.807, 2.05) is 0 Å². The highest BCUT2D eigenvalue weighted by atomic mass is 19.4. The van der Waals surface area contributed by atoms with E-state index in [1.165, 1.54) is 46.7 Å². The number of anilines is 1. The Morgan fingerprint density at radius 2 is 1.77 bits per heavy atom. The van der Waals surface area contributed by atoms with Gasteiger partial charge in [-0.15, -0.1) is 0 Å². The fourth-order valence-electron chi connectivity index (χ4n) is 4.44. The molecule has 1 aromatic carbocycles. The highest BCUT2D eigenvalue weighted by Crippen LogP contribution is 2.44. The number of hydrogen-bond donors (Lipinski definition) is 1. The maximum Gasteiger partial charge on any atom is 0.435 e. The molecule has 2 aliphatic rings. The summed E-state index contributed by atoms with van der Waals surface area (Å²) < 4.78 is 40.3. The van der Waals surface area contributed by atoms with Gasteiger partial charge in [0.2, 0.25) is 6.41 Å². The molecular weight excluding hydrogens is 393 g/mol. The zero-order chi connectivity index (χ0) is 22.1. The van der Waals surface area contributed by atoms with Crippen LogP contribution in [-0.2, 0) is 30.5 Å². The van der Waals surface area contributed by atoms with E-state index < -0.39 is 11.9 Å². The molecular formula is C22H29F3N4O. The van der Waals surface area contributed by atoms with Gasteiger partial charge in [0.25, 0.3) is 0 Å². The number of carbonyl (C=O) groups is 1. The molecule has 1 aliphatic carbocycles. The highest BCUT2D eigenvalue weighted by molar-refractivity contribution is 5.55. The Kier molecular flexibility index (Phi) is 6.15. The van der Waals surface area contributed by atoms with E-state index in [4.69, 9.17) is 4.79 Å². The van der Waals surface area contributed by atoms with Gasteiger partial charge in [0.1, 0.15) is 0 Å². The number of alkyl halides is 3. The van der Waals surface area contributed by atoms with Crippen LogP contribution in [0.3, 0.4) is 0 Å². The van der Waals surface area contributed by atoms with Crippen LogP contribution in [0.15, 0.2) is 18.2 Å². The Bertz CT molecular complexity index is 893. The third-order valence-electron chi connectivity index (χ3n) is 6.30. The largest absolute Gasteiger partial charge is 0.435 e. The summed E-state index contributed by atoms with van der Waals surface area (Å²) in [6, 6.07) is 5.57. The lowest BCUT2D eigenvalue weighted by atomic mass is 9.66. The summed E-state index contributed by atoms with van der Waals surface area (Å²) in [5, 5.41) is 3.72. The van der Waals surface area contributed by atoms with Gasteiger partial charge in [-0.2, -0.15) is 18.3 Å². The minimum absolute atomic E-state index is 0.250. The lowest BCUT2D eigenvalue weighted by molar-refractivity contribution is -0.141. The van der Waals surface area contributed by atoms with Gasteiger partial charge in [-0.25, -0.2) is 0 Å². The molecule has 8 heteroatoms. The maximum atomic E-state index is 12.9. The SMILES string of the molecule is Cc1cc(N2CCn3nc(C(F)(F)F)cc3C2)cc(C)c1CC1(C)CCC1.NC=O. The van der Waals surface area contributed by atoms with Crippen molar-refractivity contribution in [2.45, 2.75) is 65.7 Å². The van der Waals surface area contributed by atoms with Gasteiger partial charge >= 0.3 is 6.18 Å². The average Bonchev–Trinajstić information content (AvgIpc) is 3.07. The first kappa shape index (κ1) is 22.2. The van der Waals surface area contributed by atoms with Crippen LogP contribution in [0.4, 0.5) is 18.9 Å². The molecule has 2 N–H and O–H groups in total. The lowest BCUT2D eigenvalue weighted by Crippen LogP contribution is -2.34. The van der Waals surface area contributed by atoms with Crippen LogP contribution in [0.1, 0.15) is 54.3 Å². The summed E-state index contributed by atoms with van der Waals surface area (Å²) in [7, 11) is 0. The first-order valence-corrected chi connectivity index (χ1v) is 10.2. The van der Waals surface area contributed by atoms with Gasteiger partial charge < -0.3 is 10.6 Å². The third-order valence-corrected chi connectivity index (χ3v) is 6.30. The average molecular weight is 422 g/mol. The lowest BCUT2D eigenvalue weighted by Gasteiger charge is -2.39. The summed E-state index contributed by atoms with van der Waals surface area (Å²) in [6.45, 7) is 8.28. The normalized spacial score (nSPS) is 17.5. The molecule has 5 nitrogen and oxygen atoms in total. The standard InChI is InChI=1S/C21H26F3N3.CH3NO/c1-14-9-16(10-15(2)18(14)12-20(3)5-4-6-20)26-7-8-27-17(13-26)11-19(25-27)21(22,23)24;2-1-3/h9-11H,4-8,12-13H2,1-3H3;1H,(H2,2,3). The molecule has 0 unspecified atom stereocenters. The number of rotatable bonds is 3. The van der Waals surface area contributed by atoms with Gasteiger partial charge in [0.15, 0.2) is 5.69 Å². The van der Waals surface area contributed by atoms with E-state index in [-0.39, 0.29) is 6.41 Å². The fraction of sp³-hybridized carbons (Fsp3) is 0.545. The predicted molar refractivity (Wildman–Crippen MR) is 110 cm³/mol. The number of nitrogens with zero attached hydrogens (tertiary/aromatic N) is 3. The van der Waals surface area contributed by atoms with Crippen LogP contribution in [0.25, 0.3) is 0 Å². The maximum absolute atomic E-state index is 12.9. The molecule has 0 spiro atoms. The Morgan fingerprint density at radius 1 is 1.17 bits per heavy atom. The number of hydrogen-bond acceptors (Lipinski definition) is 3. The molecule has 0 bridgehead atoms. The molecule has 1 saturated carbocycles. The highest BCUT2D eigenvalue weighted by Gasteiger charge is 2.36. The molecule has 2 heterocycles. The number of nitrogens with two attached hydrogens (primary N) is 1. The first-order chi connectivity index (χ1) is 14.1. The van der Waals surface area contributed by atoms with Crippen LogP contribution in [-0.4, -0.2) is 22.7 Å². The minimum Gasteiger partial charge on any atom is -0.372 e. The van der Waals surface area contributed by atoms with Crippen LogP contribution in [0.5, 0.6) is 0 Å². The van der Waals surface area contributed by atoms with Gasteiger partial charge in [-0.05, 0) is 73.4 Å². The van der Waals surface area contributed by atoms with Crippen LogP contribution in [0.2, 0.25) is 0 Å². The number of fused-ring (bicyclic) bond motifs is 1. The van der Waals surface area contributed by atoms with Crippen molar-refractivity contribution >= 4 is 12.1 Å². The van der Waals surface area contributed by atoms with Gasteiger partial charge in [-0.1, -0.05) is 13.3 Å². The van der Waals surface area contributed by atoms with Crippen molar-refractivity contribution in [2.75, 3.05) is 11.4 Å². The second-order valence-corrected chi connectivity index (χ2v) is 8.70.